The van der Waals surface area contributed by atoms with E-state index < -0.39 is 0 Å². The van der Waals surface area contributed by atoms with Crippen LogP contribution in [0.15, 0.2) is 54.2 Å². The van der Waals surface area contributed by atoms with Crippen LogP contribution in [0.4, 0.5) is 0 Å². The van der Waals surface area contributed by atoms with Gasteiger partial charge in [-0.15, -0.1) is 11.3 Å². The topological polar surface area (TPSA) is 64.1 Å². The minimum absolute atomic E-state index is 0.0695. The number of benzene rings is 1. The molecule has 0 radical (unpaired) electrons. The van der Waals surface area contributed by atoms with Crippen LogP contribution in [0.5, 0.6) is 5.75 Å². The second-order valence-corrected chi connectivity index (χ2v) is 6.67. The van der Waals surface area contributed by atoms with Gasteiger partial charge in [-0.25, -0.2) is 4.98 Å². The summed E-state index contributed by atoms with van der Waals surface area (Å²) in [7, 11) is 0. The molecule has 128 valence electrons. The zero-order valence-electron chi connectivity index (χ0n) is 13.3. The lowest BCUT2D eigenvalue weighted by molar-refractivity contribution is -0.120. The van der Waals surface area contributed by atoms with Crippen molar-refractivity contribution in [3.05, 3.63) is 75.5 Å². The zero-order chi connectivity index (χ0) is 17.5. The molecule has 7 heteroatoms. The summed E-state index contributed by atoms with van der Waals surface area (Å²) in [5.74, 6) is 0.625. The number of ether oxygens (including phenoxy) is 1. The summed E-state index contributed by atoms with van der Waals surface area (Å²) in [4.78, 5) is 20.4. The number of thiazole rings is 1. The second kappa shape index (κ2) is 8.60. The molecule has 0 aliphatic rings. The van der Waals surface area contributed by atoms with Crippen LogP contribution in [0.3, 0.4) is 0 Å². The summed E-state index contributed by atoms with van der Waals surface area (Å²) >= 11 is 7.32. The third-order valence-electron chi connectivity index (χ3n) is 3.34. The molecule has 0 saturated heterocycles. The molecule has 2 heterocycles. The number of hydrogen-bond acceptors (Lipinski definition) is 5. The zero-order valence-corrected chi connectivity index (χ0v) is 14.9. The van der Waals surface area contributed by atoms with Gasteiger partial charge < -0.3 is 10.1 Å². The molecule has 1 amide bonds. The third-order valence-corrected chi connectivity index (χ3v) is 4.46. The number of pyridine rings is 1. The summed E-state index contributed by atoms with van der Waals surface area (Å²) < 4.78 is 5.60. The molecule has 3 aromatic rings. The number of carbonyl (C=O) groups excluding carboxylic acids is 1. The van der Waals surface area contributed by atoms with Gasteiger partial charge in [-0.1, -0.05) is 23.7 Å². The van der Waals surface area contributed by atoms with Crippen molar-refractivity contribution in [1.29, 1.82) is 0 Å². The first-order chi connectivity index (χ1) is 12.2. The van der Waals surface area contributed by atoms with Crippen LogP contribution >= 0.6 is 22.9 Å². The molecule has 0 atom stereocenters. The van der Waals surface area contributed by atoms with E-state index in [1.54, 1.807) is 24.5 Å². The monoisotopic (exact) mass is 373 g/mol. The molecule has 0 unspecified atom stereocenters. The fourth-order valence-electron chi connectivity index (χ4n) is 2.10. The minimum atomic E-state index is -0.0695. The summed E-state index contributed by atoms with van der Waals surface area (Å²) in [5.41, 5.74) is 1.74. The first-order valence-electron chi connectivity index (χ1n) is 7.66. The van der Waals surface area contributed by atoms with E-state index in [4.69, 9.17) is 16.3 Å². The molecule has 0 aliphatic heterocycles. The van der Waals surface area contributed by atoms with Crippen molar-refractivity contribution >= 4 is 28.8 Å². The van der Waals surface area contributed by atoms with E-state index in [2.05, 4.69) is 15.3 Å². The smallest absolute Gasteiger partial charge is 0.226 e. The average molecular weight is 374 g/mol. The van der Waals surface area contributed by atoms with Gasteiger partial charge >= 0.3 is 0 Å². The van der Waals surface area contributed by atoms with E-state index in [9.17, 15) is 4.79 Å². The normalized spacial score (nSPS) is 10.4. The van der Waals surface area contributed by atoms with Crippen LogP contribution in [-0.4, -0.2) is 15.9 Å². The fourth-order valence-corrected chi connectivity index (χ4v) is 2.93. The highest BCUT2D eigenvalue weighted by molar-refractivity contribution is 7.09. The predicted octanol–water partition coefficient (Wildman–Crippen LogP) is 3.63. The highest BCUT2D eigenvalue weighted by atomic mass is 35.5. The Hall–Kier alpha value is -2.44. The lowest BCUT2D eigenvalue weighted by atomic mass is 10.2. The number of nitrogens with one attached hydrogen (secondary N) is 1. The summed E-state index contributed by atoms with van der Waals surface area (Å²) in [6.07, 6.45) is 3.59. The van der Waals surface area contributed by atoms with Gasteiger partial charge in [0.25, 0.3) is 0 Å². The predicted molar refractivity (Wildman–Crippen MR) is 97.7 cm³/mol. The lowest BCUT2D eigenvalue weighted by Crippen LogP contribution is -2.24. The molecule has 1 aromatic carbocycles. The van der Waals surface area contributed by atoms with Gasteiger partial charge in [0, 0.05) is 23.1 Å². The van der Waals surface area contributed by atoms with Crippen molar-refractivity contribution in [3.63, 3.8) is 0 Å². The van der Waals surface area contributed by atoms with Crippen molar-refractivity contribution < 1.29 is 9.53 Å². The molecular weight excluding hydrogens is 358 g/mol. The molecule has 0 spiro atoms. The summed E-state index contributed by atoms with van der Waals surface area (Å²) in [5, 5.41) is 6.26. The molecule has 2 aromatic heterocycles. The van der Waals surface area contributed by atoms with E-state index in [0.717, 1.165) is 16.3 Å². The van der Waals surface area contributed by atoms with Crippen LogP contribution in [-0.2, 0) is 24.4 Å². The molecule has 0 saturated carbocycles. The average Bonchev–Trinajstić information content (AvgIpc) is 3.08. The van der Waals surface area contributed by atoms with Crippen molar-refractivity contribution in [1.82, 2.24) is 15.3 Å². The van der Waals surface area contributed by atoms with Crippen LogP contribution in [0.25, 0.3) is 0 Å². The van der Waals surface area contributed by atoms with Crippen LogP contribution in [0.2, 0.25) is 5.02 Å². The van der Waals surface area contributed by atoms with Crippen LogP contribution < -0.4 is 10.1 Å². The fraction of sp³-hybridized carbons (Fsp3) is 0.167. The van der Waals surface area contributed by atoms with Gasteiger partial charge in [-0.2, -0.15) is 0 Å². The molecule has 0 bridgehead atoms. The number of nitrogens with zero attached hydrogens (tertiary/aromatic N) is 2. The SMILES string of the molecule is O=C(Cc1csc(COc2cccnc2)n1)NCc1ccc(Cl)cc1. The minimum Gasteiger partial charge on any atom is -0.485 e. The molecule has 5 nitrogen and oxygen atoms in total. The largest absolute Gasteiger partial charge is 0.485 e. The highest BCUT2D eigenvalue weighted by Crippen LogP contribution is 2.15. The van der Waals surface area contributed by atoms with Gasteiger partial charge in [0.05, 0.1) is 18.3 Å². The summed E-state index contributed by atoms with van der Waals surface area (Å²) in [6.45, 7) is 0.833. The van der Waals surface area contributed by atoms with Gasteiger partial charge in [-0.05, 0) is 29.8 Å². The van der Waals surface area contributed by atoms with Crippen molar-refractivity contribution in [2.75, 3.05) is 0 Å². The van der Waals surface area contributed by atoms with Gasteiger partial charge in [0.1, 0.15) is 17.4 Å². The van der Waals surface area contributed by atoms with E-state index in [1.165, 1.54) is 11.3 Å². The van der Waals surface area contributed by atoms with Crippen LogP contribution in [0, 0.1) is 0 Å². The highest BCUT2D eigenvalue weighted by Gasteiger charge is 2.08. The van der Waals surface area contributed by atoms with Crippen molar-refractivity contribution in [3.8, 4) is 5.75 Å². The molecule has 1 N–H and O–H groups in total. The maximum Gasteiger partial charge on any atom is 0.226 e. The maximum absolute atomic E-state index is 12.0. The van der Waals surface area contributed by atoms with Crippen molar-refractivity contribution in [2.45, 2.75) is 19.6 Å². The maximum atomic E-state index is 12.0. The molecule has 25 heavy (non-hydrogen) atoms. The number of halogens is 1. The molecular formula is C18H16ClN3O2S. The summed E-state index contributed by atoms with van der Waals surface area (Å²) in [6, 6.07) is 11.0. The Balaban J connectivity index is 1.45. The number of rotatable bonds is 7. The first-order valence-corrected chi connectivity index (χ1v) is 8.92. The Morgan fingerprint density at radius 1 is 1.24 bits per heavy atom. The van der Waals surface area contributed by atoms with Gasteiger partial charge in [-0.3, -0.25) is 9.78 Å². The third kappa shape index (κ3) is 5.55. The van der Waals surface area contributed by atoms with E-state index >= 15 is 0 Å². The lowest BCUT2D eigenvalue weighted by Gasteiger charge is -2.04. The Labute approximate surface area is 154 Å². The van der Waals surface area contributed by atoms with E-state index in [1.807, 2.05) is 29.6 Å². The van der Waals surface area contributed by atoms with E-state index in [0.29, 0.717) is 23.9 Å². The Morgan fingerprint density at radius 2 is 2.08 bits per heavy atom. The van der Waals surface area contributed by atoms with Crippen molar-refractivity contribution in [2.24, 2.45) is 0 Å². The standard InChI is InChI=1S/C18H16ClN3O2S/c19-14-5-3-13(4-6-14)9-21-17(23)8-15-12-25-18(22-15)11-24-16-2-1-7-20-10-16/h1-7,10,12H,8-9,11H2,(H,21,23). The second-order valence-electron chi connectivity index (χ2n) is 5.29. The van der Waals surface area contributed by atoms with Crippen LogP contribution in [0.1, 0.15) is 16.3 Å². The Morgan fingerprint density at radius 3 is 2.84 bits per heavy atom. The molecule has 0 fully saturated rings. The Kier molecular flexibility index (Phi) is 5.98. The number of carbonyl (C=O) groups is 1. The van der Waals surface area contributed by atoms with Gasteiger partial charge in [0.2, 0.25) is 5.91 Å². The number of aromatic nitrogens is 2. The Bertz CT molecular complexity index is 822. The molecule has 3 rings (SSSR count). The quantitative estimate of drug-likeness (QED) is 0.686. The molecule has 0 aliphatic carbocycles. The number of hydrogen-bond donors (Lipinski definition) is 1. The van der Waals surface area contributed by atoms with E-state index in [-0.39, 0.29) is 12.3 Å². The first kappa shape index (κ1) is 17.4. The van der Waals surface area contributed by atoms with Gasteiger partial charge in [0.15, 0.2) is 0 Å². The number of amides is 1.